The molecular formula is C88H52N4O6. The highest BCUT2D eigenvalue weighted by Crippen LogP contribution is 2.50. The zero-order valence-corrected chi connectivity index (χ0v) is 52.1. The number of hydrogen-bond donors (Lipinski definition) is 6. The van der Waals surface area contributed by atoms with Crippen molar-refractivity contribution in [2.24, 2.45) is 0 Å². The predicted octanol–water partition coefficient (Wildman–Crippen LogP) is 22.0. The summed E-state index contributed by atoms with van der Waals surface area (Å²) in [7, 11) is 0. The van der Waals surface area contributed by atoms with Crippen LogP contribution in [-0.2, 0) is 11.4 Å². The van der Waals surface area contributed by atoms with Crippen molar-refractivity contribution in [1.82, 2.24) is 0 Å². The van der Waals surface area contributed by atoms with E-state index in [0.29, 0.717) is 55.4 Å². The Kier molecular flexibility index (Phi) is 11.8. The lowest BCUT2D eigenvalue weighted by Gasteiger charge is -2.20. The minimum absolute atomic E-state index is 0.114. The normalized spacial score (nSPS) is 12.2. The maximum atomic E-state index is 15.5. The van der Waals surface area contributed by atoms with E-state index in [4.69, 9.17) is 4.84 Å². The third-order valence-corrected chi connectivity index (χ3v) is 20.6. The SMILES string of the molecule is O=C(Nc1ccc2ccc3cccc4ccc1c2c34)c1ccc2c(-c3c(O)c(C(=O)Nc4ccc5ccc6cccc7ccc4c5c67)cc4cc(C(=O)Nc5ccc6ccc7cccc8ccc5c6c78)ccc34)c(O)c(CONc3ccc4ccc5cccc6ccc3c4c56)cc2c1. The Labute approximate surface area is 557 Å². The van der Waals surface area contributed by atoms with Gasteiger partial charge < -0.3 is 26.2 Å². The highest BCUT2D eigenvalue weighted by Gasteiger charge is 2.28. The number of benzene rings is 20. The molecule has 3 amide bonds. The highest BCUT2D eigenvalue weighted by molar-refractivity contribution is 6.31. The van der Waals surface area contributed by atoms with Crippen LogP contribution in [0.3, 0.4) is 0 Å². The summed E-state index contributed by atoms with van der Waals surface area (Å²) < 4.78 is 0. The molecule has 10 nitrogen and oxygen atoms in total. The number of hydrogen-bond acceptors (Lipinski definition) is 7. The maximum Gasteiger partial charge on any atom is 0.259 e. The lowest BCUT2D eigenvalue weighted by molar-refractivity contribution is 0.101. The molecule has 0 unspecified atom stereocenters. The Morgan fingerprint density at radius 1 is 0.276 bits per heavy atom. The number of nitrogens with one attached hydrogen (secondary N) is 4. The van der Waals surface area contributed by atoms with Gasteiger partial charge in [0.2, 0.25) is 0 Å². The van der Waals surface area contributed by atoms with E-state index < -0.39 is 17.6 Å². The number of fused-ring (bicyclic) bond motifs is 2. The summed E-state index contributed by atoms with van der Waals surface area (Å²) in [6.45, 7) is -0.198. The lowest BCUT2D eigenvalue weighted by Crippen LogP contribution is -2.14. The summed E-state index contributed by atoms with van der Waals surface area (Å²) in [6, 6.07) is 88.0. The Morgan fingerprint density at radius 3 is 0.959 bits per heavy atom. The monoisotopic (exact) mass is 1260 g/mol. The smallest absolute Gasteiger partial charge is 0.259 e. The van der Waals surface area contributed by atoms with Gasteiger partial charge in [-0.15, -0.1) is 0 Å². The van der Waals surface area contributed by atoms with Crippen molar-refractivity contribution in [3.8, 4) is 22.6 Å². The van der Waals surface area contributed by atoms with Gasteiger partial charge in [0.05, 0.1) is 11.3 Å². The largest absolute Gasteiger partial charge is 0.507 e. The fourth-order valence-electron chi connectivity index (χ4n) is 16.0. The van der Waals surface area contributed by atoms with Crippen molar-refractivity contribution < 1.29 is 29.4 Å². The second-order valence-electron chi connectivity index (χ2n) is 25.9. The number of phenolic OH excluding ortho intramolecular Hbond substituents is 2. The van der Waals surface area contributed by atoms with Gasteiger partial charge in [-0.2, -0.15) is 0 Å². The first kappa shape index (κ1) is 55.3. The van der Waals surface area contributed by atoms with E-state index in [2.05, 4.69) is 167 Å². The summed E-state index contributed by atoms with van der Waals surface area (Å²) >= 11 is 0. The molecule has 20 rings (SSSR count). The molecule has 0 saturated heterocycles. The van der Waals surface area contributed by atoms with Gasteiger partial charge in [-0.05, 0) is 190 Å². The number of carbonyl (C=O) groups excluding carboxylic acids is 3. The molecule has 0 spiro atoms. The fourth-order valence-corrected chi connectivity index (χ4v) is 16.0. The minimum Gasteiger partial charge on any atom is -0.507 e. The Balaban J connectivity index is 0.742. The number of phenols is 2. The number of rotatable bonds is 11. The van der Waals surface area contributed by atoms with Gasteiger partial charge in [0, 0.05) is 66.4 Å². The van der Waals surface area contributed by atoms with Gasteiger partial charge in [0.25, 0.3) is 17.7 Å². The molecule has 10 heteroatoms. The number of amides is 3. The molecule has 20 aromatic carbocycles. The molecule has 0 aromatic heterocycles. The molecule has 0 saturated carbocycles. The lowest BCUT2D eigenvalue weighted by atomic mass is 9.87. The first-order chi connectivity index (χ1) is 48.1. The average molecular weight is 1260 g/mol. The van der Waals surface area contributed by atoms with Crippen molar-refractivity contribution in [2.75, 3.05) is 21.4 Å². The molecule has 0 bridgehead atoms. The summed E-state index contributed by atoms with van der Waals surface area (Å²) in [6.07, 6.45) is 0. The summed E-state index contributed by atoms with van der Waals surface area (Å²) in [4.78, 5) is 51.8. The standard InChI is InChI=1S/C88H52N4O6/c93-84-62(45-98-92-73-40-30-57-20-16-49-8-4-12-53-24-36-68(73)81(57)77(49)53)43-60-41-58(86(95)89-70-37-27-54-17-13-46-5-1-9-50-21-33-65(70)78(54)74(46)50)25-31-63(60)82(84)83-64-32-26-59(87(96)90-71-38-28-55-18-14-47-6-2-10-51-22-34-66(71)79(55)75(47)51)42-61(64)44-69(85(83)94)88(97)91-72-39-29-56-19-15-48-7-3-11-52-23-35-67(72)80(56)76(48)52/h1-44,92-94H,45H2,(H,89,95)(H,90,96)(H,91,97). The van der Waals surface area contributed by atoms with E-state index in [1.165, 1.54) is 0 Å². The maximum absolute atomic E-state index is 15.5. The molecular weight excluding hydrogens is 1210 g/mol. The van der Waals surface area contributed by atoms with Crippen LogP contribution in [0.15, 0.2) is 267 Å². The molecule has 6 N–H and O–H groups in total. The van der Waals surface area contributed by atoms with Gasteiger partial charge in [0.1, 0.15) is 18.1 Å². The van der Waals surface area contributed by atoms with Crippen LogP contribution in [-0.4, -0.2) is 27.9 Å². The Morgan fingerprint density at radius 2 is 0.571 bits per heavy atom. The van der Waals surface area contributed by atoms with Gasteiger partial charge in [0.15, 0.2) is 0 Å². The second-order valence-corrected chi connectivity index (χ2v) is 25.9. The van der Waals surface area contributed by atoms with Gasteiger partial charge in [-0.3, -0.25) is 24.7 Å². The summed E-state index contributed by atoms with van der Waals surface area (Å²) in [5.41, 5.74) is 6.86. The van der Waals surface area contributed by atoms with E-state index >= 15 is 4.79 Å². The van der Waals surface area contributed by atoms with E-state index in [0.717, 1.165) is 129 Å². The van der Waals surface area contributed by atoms with Crippen molar-refractivity contribution in [3.05, 3.63) is 289 Å². The van der Waals surface area contributed by atoms with Crippen LogP contribution in [0.2, 0.25) is 0 Å². The summed E-state index contributed by atoms with van der Waals surface area (Å²) in [5, 5.41) is 63.3. The van der Waals surface area contributed by atoms with Crippen LogP contribution >= 0.6 is 0 Å². The molecule has 20 aromatic rings. The van der Waals surface area contributed by atoms with Gasteiger partial charge in [-0.25, -0.2) is 0 Å². The molecule has 0 aliphatic carbocycles. The van der Waals surface area contributed by atoms with Crippen LogP contribution in [0.4, 0.5) is 22.7 Å². The second kappa shape index (κ2) is 20.9. The van der Waals surface area contributed by atoms with Crippen molar-refractivity contribution in [2.45, 2.75) is 6.61 Å². The van der Waals surface area contributed by atoms with Crippen molar-refractivity contribution in [1.29, 1.82) is 0 Å². The average Bonchev–Trinajstić information content (AvgIpc) is 0.758. The minimum atomic E-state index is -0.629. The topological polar surface area (TPSA) is 149 Å². The third-order valence-electron chi connectivity index (χ3n) is 20.6. The zero-order valence-electron chi connectivity index (χ0n) is 52.1. The van der Waals surface area contributed by atoms with E-state index in [9.17, 15) is 19.8 Å². The molecule has 0 heterocycles. The van der Waals surface area contributed by atoms with E-state index in [1.807, 2.05) is 72.8 Å². The van der Waals surface area contributed by atoms with Crippen LogP contribution in [0, 0.1) is 0 Å². The highest BCUT2D eigenvalue weighted by atomic mass is 16.6. The number of carbonyl (C=O) groups is 3. The van der Waals surface area contributed by atoms with E-state index in [-0.39, 0.29) is 40.5 Å². The van der Waals surface area contributed by atoms with Crippen molar-refractivity contribution >= 4 is 191 Å². The van der Waals surface area contributed by atoms with Crippen LogP contribution < -0.4 is 21.4 Å². The van der Waals surface area contributed by atoms with Crippen molar-refractivity contribution in [3.63, 3.8) is 0 Å². The predicted molar refractivity (Wildman–Crippen MR) is 403 cm³/mol. The Bertz CT molecular complexity index is 6800. The molecule has 0 atom stereocenters. The van der Waals surface area contributed by atoms with Crippen LogP contribution in [0.5, 0.6) is 11.5 Å². The number of anilines is 4. The molecule has 0 radical (unpaired) electrons. The molecule has 0 fully saturated rings. The molecule has 98 heavy (non-hydrogen) atoms. The Hall–Kier alpha value is -13.2. The molecule has 0 aliphatic rings. The summed E-state index contributed by atoms with van der Waals surface area (Å²) in [5.74, 6) is -2.05. The van der Waals surface area contributed by atoms with Crippen LogP contribution in [0.25, 0.3) is 162 Å². The zero-order chi connectivity index (χ0) is 65.2. The van der Waals surface area contributed by atoms with E-state index in [1.54, 1.807) is 48.5 Å². The molecule has 0 aliphatic heterocycles. The fraction of sp³-hybridized carbons (Fsp3) is 0.0114. The van der Waals surface area contributed by atoms with Gasteiger partial charge in [-0.1, -0.05) is 206 Å². The first-order valence-corrected chi connectivity index (χ1v) is 32.7. The van der Waals surface area contributed by atoms with Gasteiger partial charge >= 0.3 is 0 Å². The van der Waals surface area contributed by atoms with Crippen LogP contribution in [0.1, 0.15) is 36.6 Å². The number of aromatic hydroxyl groups is 2. The molecule has 460 valence electrons. The third kappa shape index (κ3) is 8.28. The first-order valence-electron chi connectivity index (χ1n) is 32.7. The quantitative estimate of drug-likeness (QED) is 0.0558.